The van der Waals surface area contributed by atoms with E-state index in [0.29, 0.717) is 16.9 Å². The van der Waals surface area contributed by atoms with Gasteiger partial charge in [0.05, 0.1) is 5.69 Å². The topological polar surface area (TPSA) is 52.6 Å². The molecule has 1 aromatic carbocycles. The van der Waals surface area contributed by atoms with Crippen molar-refractivity contribution in [1.82, 2.24) is 0 Å². The Morgan fingerprint density at radius 3 is 2.89 bits per heavy atom. The smallest absolute Gasteiger partial charge is 0.257 e. The number of unbranched alkanes of at least 4 members (excludes halogenated alkanes) is 1. The van der Waals surface area contributed by atoms with E-state index >= 15 is 0 Å². The Morgan fingerprint density at radius 1 is 1.50 bits per heavy atom. The quantitative estimate of drug-likeness (QED) is 0.862. The Morgan fingerprint density at radius 2 is 2.22 bits per heavy atom. The third-order valence-corrected chi connectivity index (χ3v) is 3.18. The number of carbonyl (C=O) groups excluding carboxylic acids is 1. The second-order valence-corrected chi connectivity index (χ2v) is 4.56. The van der Waals surface area contributed by atoms with Crippen molar-refractivity contribution in [2.24, 2.45) is 0 Å². The number of halogens is 1. The number of carbonyl (C=O) groups is 1. The first-order chi connectivity index (χ1) is 8.54. The van der Waals surface area contributed by atoms with E-state index < -0.39 is 17.8 Å². The molecule has 2 rings (SSSR count). The van der Waals surface area contributed by atoms with Crippen LogP contribution in [-0.4, -0.2) is 24.6 Å². The highest BCUT2D eigenvalue weighted by atomic mass is 19.1. The van der Waals surface area contributed by atoms with Gasteiger partial charge < -0.3 is 15.3 Å². The number of hydrogen-bond acceptors (Lipinski definition) is 3. The zero-order chi connectivity index (χ0) is 13.3. The molecule has 0 spiro atoms. The molecule has 4 nitrogen and oxygen atoms in total. The molecule has 0 aromatic heterocycles. The van der Waals surface area contributed by atoms with E-state index in [-0.39, 0.29) is 0 Å². The lowest BCUT2D eigenvalue weighted by Gasteiger charge is -2.20. The number of hydrogen-bond donors (Lipinski definition) is 2. The van der Waals surface area contributed by atoms with Gasteiger partial charge in [-0.15, -0.1) is 0 Å². The van der Waals surface area contributed by atoms with Crippen LogP contribution in [0.2, 0.25) is 0 Å². The molecular formula is C13H17FN2O2. The number of rotatable bonds is 4. The molecule has 0 bridgehead atoms. The summed E-state index contributed by atoms with van der Waals surface area (Å²) < 4.78 is 13.9. The van der Waals surface area contributed by atoms with E-state index in [1.54, 1.807) is 6.07 Å². The Balaban J connectivity index is 2.29. The van der Waals surface area contributed by atoms with Gasteiger partial charge in [0.25, 0.3) is 5.91 Å². The number of fused-ring (bicyclic) bond motifs is 1. The minimum Gasteiger partial charge on any atom is -0.378 e. The van der Waals surface area contributed by atoms with Crippen LogP contribution in [0.3, 0.4) is 0 Å². The van der Waals surface area contributed by atoms with Crippen molar-refractivity contribution in [3.63, 3.8) is 0 Å². The Kier molecular flexibility index (Phi) is 3.52. The van der Waals surface area contributed by atoms with E-state index in [9.17, 15) is 14.3 Å². The SMILES string of the molecule is CCCCN(C)c1cc2c(cc1F)C(O)C(=O)N2. The van der Waals surface area contributed by atoms with E-state index in [2.05, 4.69) is 12.2 Å². The normalized spacial score (nSPS) is 17.6. The highest BCUT2D eigenvalue weighted by Crippen LogP contribution is 2.35. The fourth-order valence-electron chi connectivity index (χ4n) is 2.06. The first-order valence-corrected chi connectivity index (χ1v) is 6.08. The lowest BCUT2D eigenvalue weighted by atomic mass is 10.1. The van der Waals surface area contributed by atoms with Crippen LogP contribution in [0.5, 0.6) is 0 Å². The molecule has 0 saturated heterocycles. The Bertz CT molecular complexity index is 476. The summed E-state index contributed by atoms with van der Waals surface area (Å²) in [6.07, 6.45) is 0.749. The van der Waals surface area contributed by atoms with Gasteiger partial charge in [-0.3, -0.25) is 4.79 Å². The summed E-state index contributed by atoms with van der Waals surface area (Å²) in [4.78, 5) is 13.1. The van der Waals surface area contributed by atoms with Gasteiger partial charge >= 0.3 is 0 Å². The molecule has 5 heteroatoms. The molecule has 1 unspecified atom stereocenters. The minimum atomic E-state index is -1.26. The average Bonchev–Trinajstić information content (AvgIpc) is 2.62. The van der Waals surface area contributed by atoms with Gasteiger partial charge in [-0.05, 0) is 18.6 Å². The minimum absolute atomic E-state index is 0.310. The molecule has 2 N–H and O–H groups in total. The maximum Gasteiger partial charge on any atom is 0.257 e. The summed E-state index contributed by atoms with van der Waals surface area (Å²) in [5.41, 5.74) is 1.24. The molecule has 1 atom stereocenters. The van der Waals surface area contributed by atoms with Crippen LogP contribution < -0.4 is 10.2 Å². The van der Waals surface area contributed by atoms with Gasteiger partial charge in [0.1, 0.15) is 5.82 Å². The molecule has 1 heterocycles. The number of amides is 1. The maximum atomic E-state index is 13.9. The summed E-state index contributed by atoms with van der Waals surface area (Å²) in [5.74, 6) is -0.916. The summed E-state index contributed by atoms with van der Waals surface area (Å²) in [7, 11) is 1.81. The van der Waals surface area contributed by atoms with Crippen LogP contribution in [0.4, 0.5) is 15.8 Å². The summed E-state index contributed by atoms with van der Waals surface area (Å²) in [6, 6.07) is 2.81. The van der Waals surface area contributed by atoms with E-state index in [1.807, 2.05) is 11.9 Å². The standard InChI is InChI=1S/C13H17FN2O2/c1-3-4-5-16(2)11-7-10-8(6-9(11)14)12(17)13(18)15-10/h6-7,12,17H,3-5H2,1-2H3,(H,15,18). The Hall–Kier alpha value is -1.62. The third kappa shape index (κ3) is 2.18. The molecule has 98 valence electrons. The predicted octanol–water partition coefficient (Wildman–Crippen LogP) is 2.05. The number of nitrogens with zero attached hydrogens (tertiary/aromatic N) is 1. The van der Waals surface area contributed by atoms with Crippen LogP contribution in [0.15, 0.2) is 12.1 Å². The lowest BCUT2D eigenvalue weighted by Crippen LogP contribution is -2.19. The highest BCUT2D eigenvalue weighted by molar-refractivity contribution is 6.02. The predicted molar refractivity (Wildman–Crippen MR) is 68.2 cm³/mol. The molecule has 0 radical (unpaired) electrons. The van der Waals surface area contributed by atoms with Crippen molar-refractivity contribution in [3.05, 3.63) is 23.5 Å². The van der Waals surface area contributed by atoms with Crippen molar-refractivity contribution in [2.45, 2.75) is 25.9 Å². The van der Waals surface area contributed by atoms with Crippen LogP contribution >= 0.6 is 0 Å². The van der Waals surface area contributed by atoms with Crippen LogP contribution in [0.1, 0.15) is 31.4 Å². The molecule has 0 fully saturated rings. The number of aliphatic hydroxyl groups excluding tert-OH is 1. The van der Waals surface area contributed by atoms with Crippen molar-refractivity contribution < 1.29 is 14.3 Å². The van der Waals surface area contributed by atoms with Gasteiger partial charge in [0, 0.05) is 24.8 Å². The van der Waals surface area contributed by atoms with Crippen LogP contribution in [-0.2, 0) is 4.79 Å². The fourth-order valence-corrected chi connectivity index (χ4v) is 2.06. The maximum absolute atomic E-state index is 13.9. The Labute approximate surface area is 105 Å². The van der Waals surface area contributed by atoms with Crippen molar-refractivity contribution in [1.29, 1.82) is 0 Å². The van der Waals surface area contributed by atoms with Crippen LogP contribution in [0, 0.1) is 5.82 Å². The summed E-state index contributed by atoms with van der Waals surface area (Å²) >= 11 is 0. The molecule has 1 aliphatic heterocycles. The second kappa shape index (κ2) is 4.94. The number of aliphatic hydroxyl groups is 1. The first-order valence-electron chi connectivity index (χ1n) is 6.08. The highest BCUT2D eigenvalue weighted by Gasteiger charge is 2.30. The number of nitrogens with one attached hydrogen (secondary N) is 1. The third-order valence-electron chi connectivity index (χ3n) is 3.18. The molecule has 18 heavy (non-hydrogen) atoms. The van der Waals surface area contributed by atoms with Gasteiger partial charge in [-0.25, -0.2) is 4.39 Å². The fraction of sp³-hybridized carbons (Fsp3) is 0.462. The molecule has 1 amide bonds. The largest absolute Gasteiger partial charge is 0.378 e. The summed E-state index contributed by atoms with van der Waals surface area (Å²) in [6.45, 7) is 2.83. The van der Waals surface area contributed by atoms with E-state index in [1.165, 1.54) is 6.07 Å². The van der Waals surface area contributed by atoms with Crippen molar-refractivity contribution in [3.8, 4) is 0 Å². The molecule has 1 aromatic rings. The monoisotopic (exact) mass is 252 g/mol. The second-order valence-electron chi connectivity index (χ2n) is 4.56. The zero-order valence-corrected chi connectivity index (χ0v) is 10.5. The van der Waals surface area contributed by atoms with Gasteiger partial charge in [0.2, 0.25) is 0 Å². The average molecular weight is 252 g/mol. The zero-order valence-electron chi connectivity index (χ0n) is 10.5. The molecule has 0 aliphatic carbocycles. The van der Waals surface area contributed by atoms with E-state index in [0.717, 1.165) is 19.4 Å². The number of anilines is 2. The molecule has 1 aliphatic rings. The van der Waals surface area contributed by atoms with Gasteiger partial charge in [-0.1, -0.05) is 13.3 Å². The van der Waals surface area contributed by atoms with Gasteiger partial charge in [0.15, 0.2) is 6.10 Å². The lowest BCUT2D eigenvalue weighted by molar-refractivity contribution is -0.123. The molecular weight excluding hydrogens is 235 g/mol. The van der Waals surface area contributed by atoms with Gasteiger partial charge in [-0.2, -0.15) is 0 Å². The molecule has 0 saturated carbocycles. The van der Waals surface area contributed by atoms with Crippen molar-refractivity contribution >= 4 is 17.3 Å². The first kappa shape index (κ1) is 12.8. The van der Waals surface area contributed by atoms with E-state index in [4.69, 9.17) is 0 Å². The summed E-state index contributed by atoms with van der Waals surface area (Å²) in [5, 5.41) is 12.1. The number of benzene rings is 1. The van der Waals surface area contributed by atoms with Crippen molar-refractivity contribution in [2.75, 3.05) is 23.8 Å². The van der Waals surface area contributed by atoms with Crippen LogP contribution in [0.25, 0.3) is 0 Å².